The molecule has 1 N–H and O–H groups in total. The van der Waals surface area contributed by atoms with Gasteiger partial charge in [0.2, 0.25) is 0 Å². The number of alkyl halides is 3. The lowest BCUT2D eigenvalue weighted by atomic mass is 10.1. The molecule has 23 heavy (non-hydrogen) atoms. The van der Waals surface area contributed by atoms with Gasteiger partial charge >= 0.3 is 18.2 Å². The maximum atomic E-state index is 13.2. The van der Waals surface area contributed by atoms with E-state index in [0.29, 0.717) is 12.5 Å². The summed E-state index contributed by atoms with van der Waals surface area (Å²) in [4.78, 5) is 16.3. The first-order valence-electron chi connectivity index (χ1n) is 7.29. The molecule has 7 heteroatoms. The molecule has 0 heterocycles. The highest BCUT2D eigenvalue weighted by Gasteiger charge is 2.36. The number of benzene rings is 1. The Kier molecular flexibility index (Phi) is 4.83. The third-order valence-electron chi connectivity index (χ3n) is 3.85. The molecule has 1 saturated carbocycles. The number of hydrogen-bond acceptors (Lipinski definition) is 2. The highest BCUT2D eigenvalue weighted by molar-refractivity contribution is 5.78. The van der Waals surface area contributed by atoms with E-state index < -0.39 is 23.8 Å². The summed E-state index contributed by atoms with van der Waals surface area (Å²) in [5, 5.41) is 9.22. The summed E-state index contributed by atoms with van der Waals surface area (Å²) in [5.41, 5.74) is -0.766. The van der Waals surface area contributed by atoms with Gasteiger partial charge in [0.15, 0.2) is 0 Å². The van der Waals surface area contributed by atoms with Crippen LogP contribution in [0.1, 0.15) is 30.9 Å². The molecule has 0 radical (unpaired) electrons. The Bertz CT molecular complexity index is 658. The Morgan fingerprint density at radius 1 is 1.48 bits per heavy atom. The van der Waals surface area contributed by atoms with Gasteiger partial charge in [-0.05, 0) is 43.9 Å². The first-order valence-corrected chi connectivity index (χ1v) is 7.29. The summed E-state index contributed by atoms with van der Waals surface area (Å²) < 4.78 is 39.7. The SMILES string of the molecule is C[N+]#Cc1ccc(N(CC2CC2)C(C)C(=O)O)cc1C(F)(F)F. The predicted molar refractivity (Wildman–Crippen MR) is 80.9 cm³/mol. The molecule has 0 amide bonds. The van der Waals surface area contributed by atoms with Crippen molar-refractivity contribution in [1.29, 1.82) is 0 Å². The van der Waals surface area contributed by atoms with Crippen molar-refractivity contribution in [2.45, 2.75) is 32.0 Å². The van der Waals surface area contributed by atoms with Crippen molar-refractivity contribution in [3.63, 3.8) is 0 Å². The number of rotatable bonds is 5. The zero-order chi connectivity index (χ0) is 17.2. The molecule has 0 spiro atoms. The molecule has 1 aliphatic rings. The molecule has 0 aliphatic heterocycles. The minimum absolute atomic E-state index is 0.155. The predicted octanol–water partition coefficient (Wildman–Crippen LogP) is 3.71. The van der Waals surface area contributed by atoms with E-state index in [1.165, 1.54) is 31.0 Å². The Labute approximate surface area is 132 Å². The monoisotopic (exact) mass is 327 g/mol. The average molecular weight is 327 g/mol. The minimum atomic E-state index is -4.55. The van der Waals surface area contributed by atoms with Gasteiger partial charge in [0.1, 0.15) is 11.6 Å². The van der Waals surface area contributed by atoms with Gasteiger partial charge in [-0.2, -0.15) is 13.2 Å². The van der Waals surface area contributed by atoms with Crippen LogP contribution in [0.5, 0.6) is 0 Å². The van der Waals surface area contributed by atoms with Crippen LogP contribution < -0.4 is 4.90 Å². The number of anilines is 1. The first-order chi connectivity index (χ1) is 10.7. The second kappa shape index (κ2) is 6.49. The Balaban J connectivity index is 2.45. The third kappa shape index (κ3) is 4.15. The minimum Gasteiger partial charge on any atom is -0.480 e. The van der Waals surface area contributed by atoms with Crippen LogP contribution in [-0.2, 0) is 11.0 Å². The van der Waals surface area contributed by atoms with E-state index in [0.717, 1.165) is 18.9 Å². The van der Waals surface area contributed by atoms with Crippen LogP contribution in [0.25, 0.3) is 4.85 Å². The molecule has 2 rings (SSSR count). The summed E-state index contributed by atoms with van der Waals surface area (Å²) in [6, 6.07) is 5.18. The van der Waals surface area contributed by atoms with Gasteiger partial charge in [0.05, 0.1) is 5.56 Å². The fraction of sp³-hybridized carbons (Fsp3) is 0.500. The molecule has 1 aromatic rings. The number of halogens is 3. The van der Waals surface area contributed by atoms with Crippen LogP contribution in [0.3, 0.4) is 0 Å². The molecule has 1 atom stereocenters. The molecule has 0 aromatic heterocycles. The van der Waals surface area contributed by atoms with Gasteiger partial charge in [-0.25, -0.2) is 4.79 Å². The van der Waals surface area contributed by atoms with Crippen molar-refractivity contribution < 1.29 is 23.1 Å². The summed E-state index contributed by atoms with van der Waals surface area (Å²) in [6.45, 7) is 1.92. The number of nitrogens with zero attached hydrogens (tertiary/aromatic N) is 2. The van der Waals surface area contributed by atoms with E-state index >= 15 is 0 Å². The van der Waals surface area contributed by atoms with Crippen LogP contribution in [0.2, 0.25) is 0 Å². The molecule has 1 aromatic carbocycles. The van der Waals surface area contributed by atoms with E-state index in [4.69, 9.17) is 0 Å². The smallest absolute Gasteiger partial charge is 0.417 e. The van der Waals surface area contributed by atoms with Crippen LogP contribution in [-0.4, -0.2) is 30.7 Å². The van der Waals surface area contributed by atoms with Gasteiger partial charge < -0.3 is 10.0 Å². The topological polar surface area (TPSA) is 44.9 Å². The summed E-state index contributed by atoms with van der Waals surface area (Å²) in [5.74, 6) is -0.723. The third-order valence-corrected chi connectivity index (χ3v) is 3.85. The molecule has 1 aliphatic carbocycles. The molecule has 0 bridgehead atoms. The second-order valence-corrected chi connectivity index (χ2v) is 5.67. The van der Waals surface area contributed by atoms with Gasteiger partial charge in [-0.3, -0.25) is 0 Å². The van der Waals surface area contributed by atoms with E-state index in [1.807, 2.05) is 0 Å². The molecular weight excluding hydrogens is 309 g/mol. The van der Waals surface area contributed by atoms with Gasteiger partial charge in [0.25, 0.3) is 7.05 Å². The number of carbonyl (C=O) groups is 1. The molecule has 0 saturated heterocycles. The summed E-state index contributed by atoms with van der Waals surface area (Å²) in [7, 11) is 1.35. The van der Waals surface area contributed by atoms with Crippen LogP contribution >= 0.6 is 0 Å². The number of hydrogen-bond donors (Lipinski definition) is 1. The quantitative estimate of drug-likeness (QED) is 0.897. The van der Waals surface area contributed by atoms with Crippen molar-refractivity contribution in [3.8, 4) is 6.07 Å². The average Bonchev–Trinajstić information content (AvgIpc) is 3.28. The van der Waals surface area contributed by atoms with Crippen molar-refractivity contribution in [1.82, 2.24) is 0 Å². The zero-order valence-electron chi connectivity index (χ0n) is 12.9. The maximum absolute atomic E-state index is 13.2. The number of aliphatic carboxylic acids is 1. The lowest BCUT2D eigenvalue weighted by molar-refractivity contribution is -0.138. The summed E-state index contributed by atoms with van der Waals surface area (Å²) in [6.07, 6.45) is -2.60. The molecule has 1 unspecified atom stereocenters. The van der Waals surface area contributed by atoms with Gasteiger partial charge in [-0.1, -0.05) is 4.85 Å². The van der Waals surface area contributed by atoms with Gasteiger partial charge in [0, 0.05) is 12.2 Å². The fourth-order valence-corrected chi connectivity index (χ4v) is 2.36. The number of carboxylic acids is 1. The van der Waals surface area contributed by atoms with E-state index in [9.17, 15) is 23.1 Å². The Morgan fingerprint density at radius 3 is 2.61 bits per heavy atom. The highest BCUT2D eigenvalue weighted by atomic mass is 19.4. The number of carboxylic acid groups (broad SMARTS) is 1. The Morgan fingerprint density at radius 2 is 2.13 bits per heavy atom. The molecule has 124 valence electrons. The lowest BCUT2D eigenvalue weighted by Gasteiger charge is -2.29. The lowest BCUT2D eigenvalue weighted by Crippen LogP contribution is -2.40. The van der Waals surface area contributed by atoms with E-state index in [1.54, 1.807) is 0 Å². The van der Waals surface area contributed by atoms with Crippen molar-refractivity contribution in [3.05, 3.63) is 34.2 Å². The van der Waals surface area contributed by atoms with Crippen molar-refractivity contribution in [2.24, 2.45) is 5.92 Å². The normalized spacial score (nSPS) is 15.5. The molecule has 1 fully saturated rings. The maximum Gasteiger partial charge on any atom is 0.417 e. The fourth-order valence-electron chi connectivity index (χ4n) is 2.36. The first kappa shape index (κ1) is 17.1. The van der Waals surface area contributed by atoms with Crippen LogP contribution in [0.4, 0.5) is 18.9 Å². The van der Waals surface area contributed by atoms with E-state index in [2.05, 4.69) is 10.9 Å². The second-order valence-electron chi connectivity index (χ2n) is 5.67. The standard InChI is InChI=1S/C16H17F3N2O2/c1-10(15(22)23)21(9-11-3-4-11)13-6-5-12(8-20-2)14(7-13)16(17,18)19/h5-7,10-11H,3-4,9H2,1-2H3/p+1. The molecule has 4 nitrogen and oxygen atoms in total. The van der Waals surface area contributed by atoms with Crippen LogP contribution in [0.15, 0.2) is 18.2 Å². The zero-order valence-corrected chi connectivity index (χ0v) is 12.9. The molecular formula is C16H18F3N2O2+. The summed E-state index contributed by atoms with van der Waals surface area (Å²) >= 11 is 0. The van der Waals surface area contributed by atoms with Gasteiger partial charge in [-0.15, -0.1) is 0 Å². The largest absolute Gasteiger partial charge is 0.480 e. The highest BCUT2D eigenvalue weighted by Crippen LogP contribution is 2.37. The van der Waals surface area contributed by atoms with Crippen molar-refractivity contribution >= 4 is 11.7 Å². The van der Waals surface area contributed by atoms with Crippen LogP contribution in [0, 0.1) is 12.0 Å². The van der Waals surface area contributed by atoms with E-state index in [-0.39, 0.29) is 11.3 Å². The Hall–Kier alpha value is -2.23. The van der Waals surface area contributed by atoms with Crippen molar-refractivity contribution in [2.75, 3.05) is 18.5 Å².